The average Bonchev–Trinajstić information content (AvgIpc) is 3.21. The van der Waals surface area contributed by atoms with Gasteiger partial charge in [0.15, 0.2) is 0 Å². The van der Waals surface area contributed by atoms with Gasteiger partial charge in [0.05, 0.1) is 11.3 Å². The van der Waals surface area contributed by atoms with Crippen LogP contribution in [-0.4, -0.2) is 52.8 Å². The van der Waals surface area contributed by atoms with Crippen LogP contribution >= 0.6 is 0 Å². The van der Waals surface area contributed by atoms with Crippen LogP contribution < -0.4 is 10.6 Å². The molecule has 1 aliphatic heterocycles. The van der Waals surface area contributed by atoms with Gasteiger partial charge in [0.1, 0.15) is 12.2 Å². The zero-order valence-corrected chi connectivity index (χ0v) is 15.6. The Kier molecular flexibility index (Phi) is 4.97. The molecular weight excluding hydrogens is 416 g/mol. The first-order valence-electron chi connectivity index (χ1n) is 9.42. The minimum atomic E-state index is -4.64. The summed E-state index contributed by atoms with van der Waals surface area (Å²) in [6.07, 6.45) is -5.20. The lowest BCUT2D eigenvalue weighted by atomic mass is 9.97. The summed E-state index contributed by atoms with van der Waals surface area (Å²) in [4.78, 5) is 20.0. The van der Waals surface area contributed by atoms with Crippen molar-refractivity contribution in [1.82, 2.24) is 20.2 Å². The summed E-state index contributed by atoms with van der Waals surface area (Å²) in [7, 11) is 0. The van der Waals surface area contributed by atoms with E-state index in [4.69, 9.17) is 0 Å². The number of nitrogens with one attached hydrogen (secondary N) is 3. The summed E-state index contributed by atoms with van der Waals surface area (Å²) in [5, 5.41) is 5.04. The summed E-state index contributed by atoms with van der Waals surface area (Å²) in [5.41, 5.74) is -0.780. The maximum atomic E-state index is 13.6. The third kappa shape index (κ3) is 4.26. The molecule has 2 aromatic rings. The zero-order valence-electron chi connectivity index (χ0n) is 15.6. The van der Waals surface area contributed by atoms with Crippen molar-refractivity contribution >= 4 is 22.8 Å². The van der Waals surface area contributed by atoms with E-state index in [0.717, 1.165) is 19.0 Å². The second-order valence-electron chi connectivity index (χ2n) is 7.72. The normalized spacial score (nSPS) is 22.5. The third-order valence-electron chi connectivity index (χ3n) is 5.54. The molecule has 2 fully saturated rings. The molecule has 1 saturated heterocycles. The second kappa shape index (κ2) is 7.24. The lowest BCUT2D eigenvalue weighted by Crippen LogP contribution is -2.43. The average molecular weight is 435 g/mol. The fourth-order valence-corrected chi connectivity index (χ4v) is 4.00. The van der Waals surface area contributed by atoms with E-state index in [1.807, 2.05) is 5.32 Å². The van der Waals surface area contributed by atoms with Gasteiger partial charge in [-0.2, -0.15) is 26.3 Å². The Labute approximate surface area is 167 Å². The predicted octanol–water partition coefficient (Wildman–Crippen LogP) is 3.98. The number of pyridine rings is 1. The molecule has 2 amide bonds. The lowest BCUT2D eigenvalue weighted by Gasteiger charge is -2.23. The van der Waals surface area contributed by atoms with Crippen molar-refractivity contribution in [3.05, 3.63) is 24.0 Å². The number of anilines is 1. The van der Waals surface area contributed by atoms with E-state index in [9.17, 15) is 31.1 Å². The Morgan fingerprint density at radius 1 is 1.20 bits per heavy atom. The lowest BCUT2D eigenvalue weighted by molar-refractivity contribution is -0.137. The van der Waals surface area contributed by atoms with Crippen LogP contribution in [0.2, 0.25) is 0 Å². The Morgan fingerprint density at radius 2 is 1.93 bits per heavy atom. The van der Waals surface area contributed by atoms with Gasteiger partial charge in [0.25, 0.3) is 0 Å². The molecule has 164 valence electrons. The van der Waals surface area contributed by atoms with E-state index in [-0.39, 0.29) is 41.6 Å². The molecule has 1 saturated carbocycles. The van der Waals surface area contributed by atoms with Gasteiger partial charge in [-0.15, -0.1) is 0 Å². The fraction of sp³-hybridized carbons (Fsp3) is 0.556. The first-order chi connectivity index (χ1) is 14.0. The Balaban J connectivity index is 1.58. The van der Waals surface area contributed by atoms with Crippen molar-refractivity contribution < 1.29 is 31.1 Å². The van der Waals surface area contributed by atoms with Crippen LogP contribution in [0, 0.1) is 11.8 Å². The first kappa shape index (κ1) is 20.6. The molecule has 0 radical (unpaired) electrons. The molecule has 2 atom stereocenters. The van der Waals surface area contributed by atoms with E-state index in [1.165, 1.54) is 17.2 Å². The highest BCUT2D eigenvalue weighted by atomic mass is 19.4. The Bertz CT molecular complexity index is 935. The maximum absolute atomic E-state index is 13.6. The SMILES string of the molecule is O=C(NCC(F)(F)F)N1C[C@H](C2CC2)[C@H](Nc2c(C(F)(F)F)cnc3[nH]ccc23)C1. The van der Waals surface area contributed by atoms with Gasteiger partial charge in [-0.25, -0.2) is 9.78 Å². The summed E-state index contributed by atoms with van der Waals surface area (Å²) in [5.74, 6) is 0.0747. The van der Waals surface area contributed by atoms with E-state index >= 15 is 0 Å². The number of carbonyl (C=O) groups excluding carboxylic acids is 1. The number of hydrogen-bond acceptors (Lipinski definition) is 3. The number of carbonyl (C=O) groups is 1. The Morgan fingerprint density at radius 3 is 2.57 bits per heavy atom. The molecule has 0 aromatic carbocycles. The number of nitrogens with zero attached hydrogens (tertiary/aromatic N) is 2. The van der Waals surface area contributed by atoms with Crippen LogP contribution in [0.3, 0.4) is 0 Å². The minimum absolute atomic E-state index is 0.0103. The quantitative estimate of drug-likeness (QED) is 0.637. The van der Waals surface area contributed by atoms with Gasteiger partial charge in [-0.1, -0.05) is 0 Å². The maximum Gasteiger partial charge on any atom is 0.419 e. The molecule has 0 unspecified atom stereocenters. The summed E-state index contributed by atoms with van der Waals surface area (Å²) in [6.45, 7) is -1.26. The van der Waals surface area contributed by atoms with Gasteiger partial charge in [0.2, 0.25) is 0 Å². The largest absolute Gasteiger partial charge is 0.419 e. The zero-order chi connectivity index (χ0) is 21.7. The molecule has 6 nitrogen and oxygen atoms in total. The van der Waals surface area contributed by atoms with Crippen LogP contribution in [0.4, 0.5) is 36.8 Å². The molecule has 3 N–H and O–H groups in total. The standard InChI is InChI=1S/C18H19F6N5O/c19-17(20,21)8-27-16(30)29-6-11(9-1-2-9)13(7-29)28-14-10-3-4-25-15(10)26-5-12(14)18(22,23)24/h3-5,9,11,13H,1-2,6-8H2,(H,27,30)(H2,25,26,28)/t11-,13-/m1/s1. The van der Waals surface area contributed by atoms with Gasteiger partial charge in [-0.3, -0.25) is 0 Å². The van der Waals surface area contributed by atoms with E-state index < -0.39 is 36.5 Å². The van der Waals surface area contributed by atoms with Crippen LogP contribution in [0.1, 0.15) is 18.4 Å². The van der Waals surface area contributed by atoms with Crippen molar-refractivity contribution in [1.29, 1.82) is 0 Å². The number of alkyl halides is 6. The molecule has 3 heterocycles. The first-order valence-corrected chi connectivity index (χ1v) is 9.42. The highest BCUT2D eigenvalue weighted by molar-refractivity contribution is 5.91. The number of amides is 2. The monoisotopic (exact) mass is 435 g/mol. The van der Waals surface area contributed by atoms with Crippen molar-refractivity contribution in [2.45, 2.75) is 31.2 Å². The molecule has 2 aliphatic rings. The van der Waals surface area contributed by atoms with Crippen molar-refractivity contribution in [3.8, 4) is 0 Å². The molecule has 0 spiro atoms. The van der Waals surface area contributed by atoms with Gasteiger partial charge >= 0.3 is 18.4 Å². The van der Waals surface area contributed by atoms with Crippen molar-refractivity contribution in [3.63, 3.8) is 0 Å². The number of halogens is 6. The van der Waals surface area contributed by atoms with E-state index in [0.29, 0.717) is 0 Å². The highest BCUT2D eigenvalue weighted by Gasteiger charge is 2.45. The van der Waals surface area contributed by atoms with Crippen molar-refractivity contribution in [2.24, 2.45) is 11.8 Å². The van der Waals surface area contributed by atoms with Crippen LogP contribution in [0.5, 0.6) is 0 Å². The summed E-state index contributed by atoms with van der Waals surface area (Å²) >= 11 is 0. The third-order valence-corrected chi connectivity index (χ3v) is 5.54. The number of likely N-dealkylation sites (tertiary alicyclic amines) is 1. The number of aromatic nitrogens is 2. The smallest absolute Gasteiger partial charge is 0.379 e. The van der Waals surface area contributed by atoms with Crippen LogP contribution in [0.15, 0.2) is 18.5 Å². The van der Waals surface area contributed by atoms with E-state index in [2.05, 4.69) is 15.3 Å². The molecule has 2 aromatic heterocycles. The van der Waals surface area contributed by atoms with E-state index in [1.54, 1.807) is 0 Å². The predicted molar refractivity (Wildman–Crippen MR) is 95.7 cm³/mol. The van der Waals surface area contributed by atoms with Gasteiger partial charge < -0.3 is 20.5 Å². The number of fused-ring (bicyclic) bond motifs is 1. The Hall–Kier alpha value is -2.66. The topological polar surface area (TPSA) is 73.1 Å². The number of H-pyrrole nitrogens is 1. The minimum Gasteiger partial charge on any atom is -0.379 e. The molecule has 30 heavy (non-hydrogen) atoms. The summed E-state index contributed by atoms with van der Waals surface area (Å²) < 4.78 is 77.9. The summed E-state index contributed by atoms with van der Waals surface area (Å²) in [6, 6.07) is 0.0880. The second-order valence-corrected chi connectivity index (χ2v) is 7.72. The number of hydrogen-bond donors (Lipinski definition) is 3. The number of aromatic amines is 1. The van der Waals surface area contributed by atoms with Crippen LogP contribution in [-0.2, 0) is 6.18 Å². The van der Waals surface area contributed by atoms with Crippen LogP contribution in [0.25, 0.3) is 11.0 Å². The van der Waals surface area contributed by atoms with Gasteiger partial charge in [-0.05, 0) is 24.8 Å². The highest BCUT2D eigenvalue weighted by Crippen LogP contribution is 2.44. The van der Waals surface area contributed by atoms with Gasteiger partial charge in [0, 0.05) is 42.8 Å². The molecule has 1 aliphatic carbocycles. The molecule has 0 bridgehead atoms. The number of rotatable bonds is 4. The number of urea groups is 1. The fourth-order valence-electron chi connectivity index (χ4n) is 4.00. The van der Waals surface area contributed by atoms with Crippen molar-refractivity contribution in [2.75, 3.05) is 25.0 Å². The molecule has 4 rings (SSSR count). The molecule has 12 heteroatoms. The molecular formula is C18H19F6N5O.